The maximum absolute atomic E-state index is 12.9. The molecule has 1 saturated heterocycles. The Morgan fingerprint density at radius 1 is 1.05 bits per heavy atom. The van der Waals surface area contributed by atoms with Gasteiger partial charge in [-0.15, -0.1) is 0 Å². The van der Waals surface area contributed by atoms with Gasteiger partial charge in [-0.25, -0.2) is 9.97 Å². The Hall–Kier alpha value is -3.66. The number of ether oxygens (including phenoxy) is 2. The number of piperidine rings is 1. The summed E-state index contributed by atoms with van der Waals surface area (Å²) in [6.07, 6.45) is 9.51. The number of carbonyl (C=O) groups is 1. The number of amides is 1. The van der Waals surface area contributed by atoms with Crippen molar-refractivity contribution >= 4 is 28.6 Å². The molecular formula is C29H38N6O4. The van der Waals surface area contributed by atoms with Crippen LogP contribution in [-0.4, -0.2) is 65.2 Å². The Labute approximate surface area is 228 Å². The average molecular weight is 535 g/mol. The highest BCUT2D eigenvalue weighted by molar-refractivity contribution is 5.95. The van der Waals surface area contributed by atoms with Gasteiger partial charge in [0.05, 0.1) is 36.6 Å². The number of fused-ring (bicyclic) bond motifs is 1. The normalized spacial score (nSPS) is 17.2. The van der Waals surface area contributed by atoms with Crippen molar-refractivity contribution in [2.75, 3.05) is 39.2 Å². The van der Waals surface area contributed by atoms with E-state index >= 15 is 0 Å². The Kier molecular flexibility index (Phi) is 8.30. The molecule has 2 aliphatic rings. The smallest absolute Gasteiger partial charge is 0.293 e. The van der Waals surface area contributed by atoms with Gasteiger partial charge in [0, 0.05) is 24.7 Å². The lowest BCUT2D eigenvalue weighted by Gasteiger charge is -2.29. The summed E-state index contributed by atoms with van der Waals surface area (Å²) in [6, 6.07) is 7.14. The number of nitrogens with one attached hydrogen (secondary N) is 2. The largest absolute Gasteiger partial charge is 0.495 e. The molecule has 39 heavy (non-hydrogen) atoms. The summed E-state index contributed by atoms with van der Waals surface area (Å²) >= 11 is 0. The molecule has 208 valence electrons. The molecule has 3 aromatic rings. The molecule has 0 spiro atoms. The second-order valence-electron chi connectivity index (χ2n) is 10.7. The number of anilines is 2. The highest BCUT2D eigenvalue weighted by Gasteiger charge is 2.20. The molecule has 2 N–H and O–H groups in total. The number of rotatable bonds is 8. The Morgan fingerprint density at radius 2 is 1.82 bits per heavy atom. The lowest BCUT2D eigenvalue weighted by atomic mass is 9.90. The van der Waals surface area contributed by atoms with Gasteiger partial charge in [-0.1, -0.05) is 19.3 Å². The van der Waals surface area contributed by atoms with Crippen molar-refractivity contribution in [3.63, 3.8) is 0 Å². The molecule has 1 aromatic carbocycles. The molecule has 2 aromatic heterocycles. The molecule has 10 nitrogen and oxygen atoms in total. The van der Waals surface area contributed by atoms with E-state index in [2.05, 4.69) is 32.5 Å². The first kappa shape index (κ1) is 26.9. The van der Waals surface area contributed by atoms with Crippen LogP contribution in [0.4, 0.5) is 11.6 Å². The number of aromatic nitrogens is 3. The van der Waals surface area contributed by atoms with Crippen LogP contribution in [0, 0.1) is 5.92 Å². The predicted molar refractivity (Wildman–Crippen MR) is 151 cm³/mol. The molecule has 5 rings (SSSR count). The van der Waals surface area contributed by atoms with E-state index in [0.29, 0.717) is 52.3 Å². The molecule has 0 unspecified atom stereocenters. The molecule has 1 amide bonds. The lowest BCUT2D eigenvalue weighted by molar-refractivity contribution is 0.0916. The minimum atomic E-state index is -0.196. The lowest BCUT2D eigenvalue weighted by Crippen LogP contribution is -2.43. The first-order valence-corrected chi connectivity index (χ1v) is 13.9. The number of aryl methyl sites for hydroxylation is 1. The van der Waals surface area contributed by atoms with Crippen LogP contribution in [0.5, 0.6) is 11.5 Å². The number of likely N-dealkylation sites (tertiary alicyclic amines) is 1. The van der Waals surface area contributed by atoms with Crippen LogP contribution in [0.25, 0.3) is 11.0 Å². The minimum Gasteiger partial charge on any atom is -0.495 e. The zero-order chi connectivity index (χ0) is 27.4. The van der Waals surface area contributed by atoms with Crippen molar-refractivity contribution < 1.29 is 14.3 Å². The quantitative estimate of drug-likeness (QED) is 0.448. The highest BCUT2D eigenvalue weighted by atomic mass is 16.5. The van der Waals surface area contributed by atoms with Crippen LogP contribution in [0.3, 0.4) is 0 Å². The fourth-order valence-corrected chi connectivity index (χ4v) is 5.42. The van der Waals surface area contributed by atoms with E-state index in [4.69, 9.17) is 9.47 Å². The first-order valence-electron chi connectivity index (χ1n) is 13.9. The number of pyridine rings is 1. The van der Waals surface area contributed by atoms with E-state index in [-0.39, 0.29) is 17.5 Å². The topological polar surface area (TPSA) is 111 Å². The number of hydrogen-bond acceptors (Lipinski definition) is 8. The number of hydrogen-bond donors (Lipinski definition) is 2. The molecule has 1 aliphatic carbocycles. The third-order valence-corrected chi connectivity index (χ3v) is 7.91. The van der Waals surface area contributed by atoms with E-state index in [9.17, 15) is 9.59 Å². The average Bonchev–Trinajstić information content (AvgIpc) is 2.96. The van der Waals surface area contributed by atoms with E-state index in [1.807, 2.05) is 0 Å². The molecule has 0 radical (unpaired) electrons. The van der Waals surface area contributed by atoms with E-state index in [0.717, 1.165) is 38.8 Å². The zero-order valence-electron chi connectivity index (χ0n) is 23.0. The fourth-order valence-electron chi connectivity index (χ4n) is 5.42. The minimum absolute atomic E-state index is 0.113. The summed E-state index contributed by atoms with van der Waals surface area (Å²) in [6.45, 7) is 2.50. The first-order chi connectivity index (χ1) is 18.9. The maximum Gasteiger partial charge on any atom is 0.293 e. The molecule has 0 bridgehead atoms. The number of nitrogens with zero attached hydrogens (tertiary/aromatic N) is 4. The van der Waals surface area contributed by atoms with Crippen LogP contribution in [0.2, 0.25) is 0 Å². The van der Waals surface area contributed by atoms with Crippen LogP contribution < -0.4 is 25.7 Å². The van der Waals surface area contributed by atoms with Gasteiger partial charge in [0.1, 0.15) is 5.75 Å². The van der Waals surface area contributed by atoms with Gasteiger partial charge in [-0.2, -0.15) is 0 Å². The van der Waals surface area contributed by atoms with Gasteiger partial charge in [-0.3, -0.25) is 9.59 Å². The van der Waals surface area contributed by atoms with Crippen LogP contribution in [0.15, 0.2) is 35.3 Å². The number of benzene rings is 1. The number of carbonyl (C=O) groups excluding carboxylic acids is 1. The van der Waals surface area contributed by atoms with Gasteiger partial charge in [0.2, 0.25) is 5.95 Å². The van der Waals surface area contributed by atoms with Gasteiger partial charge in [-0.05, 0) is 69.9 Å². The second kappa shape index (κ2) is 12.0. The summed E-state index contributed by atoms with van der Waals surface area (Å²) in [5, 5.41) is 6.33. The van der Waals surface area contributed by atoms with Gasteiger partial charge in [0.15, 0.2) is 5.75 Å². The summed E-state index contributed by atoms with van der Waals surface area (Å²) in [5.74, 6) is 1.53. The Morgan fingerprint density at radius 3 is 2.56 bits per heavy atom. The molecule has 3 heterocycles. The fraction of sp³-hybridized carbons (Fsp3) is 0.517. The third kappa shape index (κ3) is 6.33. The van der Waals surface area contributed by atoms with Gasteiger partial charge < -0.3 is 29.6 Å². The van der Waals surface area contributed by atoms with Crippen molar-refractivity contribution in [2.24, 2.45) is 13.0 Å². The van der Waals surface area contributed by atoms with E-state index in [1.165, 1.54) is 23.8 Å². The van der Waals surface area contributed by atoms with Crippen molar-refractivity contribution in [1.29, 1.82) is 0 Å². The molecule has 2 fully saturated rings. The highest BCUT2D eigenvalue weighted by Crippen LogP contribution is 2.29. The van der Waals surface area contributed by atoms with Crippen molar-refractivity contribution in [2.45, 2.75) is 51.0 Å². The number of methoxy groups -OCH3 is 1. The molecular weight excluding hydrogens is 496 g/mol. The molecule has 10 heteroatoms. The Balaban J connectivity index is 1.31. The molecule has 0 atom stereocenters. The van der Waals surface area contributed by atoms with E-state index < -0.39 is 0 Å². The third-order valence-electron chi connectivity index (χ3n) is 7.91. The summed E-state index contributed by atoms with van der Waals surface area (Å²) < 4.78 is 13.1. The summed E-state index contributed by atoms with van der Waals surface area (Å²) in [4.78, 5) is 37.0. The van der Waals surface area contributed by atoms with Crippen molar-refractivity contribution in [3.05, 3.63) is 46.4 Å². The zero-order valence-corrected chi connectivity index (χ0v) is 23.0. The van der Waals surface area contributed by atoms with E-state index in [1.54, 1.807) is 44.6 Å². The summed E-state index contributed by atoms with van der Waals surface area (Å²) in [7, 11) is 5.36. The van der Waals surface area contributed by atoms with Crippen molar-refractivity contribution in [1.82, 2.24) is 24.8 Å². The molecule has 1 aliphatic heterocycles. The monoisotopic (exact) mass is 534 g/mol. The standard InChI is InChI=1S/C29H38N6O4/c1-34-13-11-21(12-14-34)31-27(36)20-9-10-22(25(15-20)38-3)32-29-30-17-24-23(33-29)16-26(28(37)35(24)2)39-18-19-7-5-4-6-8-19/h9-10,15-17,19,21H,4-8,11-14,18H2,1-3H3,(H,31,36)(H,30,32,33). The Bertz CT molecular complexity index is 1380. The van der Waals surface area contributed by atoms with Crippen LogP contribution in [0.1, 0.15) is 55.3 Å². The predicted octanol–water partition coefficient (Wildman–Crippen LogP) is 3.86. The second-order valence-corrected chi connectivity index (χ2v) is 10.7. The summed E-state index contributed by atoms with van der Waals surface area (Å²) in [5.41, 5.74) is 2.18. The SMILES string of the molecule is COc1cc(C(=O)NC2CCN(C)CC2)ccc1Nc1ncc2c(cc(OCC3CCCCC3)c(=O)n2C)n1. The van der Waals surface area contributed by atoms with Gasteiger partial charge >= 0.3 is 0 Å². The van der Waals surface area contributed by atoms with Crippen LogP contribution in [-0.2, 0) is 7.05 Å². The maximum atomic E-state index is 12.9. The van der Waals surface area contributed by atoms with Crippen LogP contribution >= 0.6 is 0 Å². The molecule has 1 saturated carbocycles. The van der Waals surface area contributed by atoms with Crippen molar-refractivity contribution in [3.8, 4) is 11.5 Å². The van der Waals surface area contributed by atoms with Gasteiger partial charge in [0.25, 0.3) is 11.5 Å².